The van der Waals surface area contributed by atoms with Crippen molar-refractivity contribution in [3.63, 3.8) is 0 Å². The lowest BCUT2D eigenvalue weighted by Gasteiger charge is -2.35. The smallest absolute Gasteiger partial charge is 0.305 e. The predicted molar refractivity (Wildman–Crippen MR) is 543 cm³/mol. The summed E-state index contributed by atoms with van der Waals surface area (Å²) in [5.41, 5.74) is 21.2. The summed E-state index contributed by atoms with van der Waals surface area (Å²) < 4.78 is 0. The predicted octanol–water partition coefficient (Wildman–Crippen LogP) is -0.413. The Kier molecular flexibility index (Phi) is 44.6. The van der Waals surface area contributed by atoms with Gasteiger partial charge in [-0.05, 0) is 114 Å². The molecule has 0 spiro atoms. The molecule has 145 heavy (non-hydrogen) atoms. The number of phenols is 1. The maximum absolute atomic E-state index is 15.7. The number of guanidine groups is 2. The monoisotopic (exact) mass is 2020 g/mol. The van der Waals surface area contributed by atoms with Crippen molar-refractivity contribution >= 4 is 135 Å². The van der Waals surface area contributed by atoms with Crippen LogP contribution in [-0.2, 0) is 114 Å². The van der Waals surface area contributed by atoms with Gasteiger partial charge in [-0.3, -0.25) is 92.3 Å². The summed E-state index contributed by atoms with van der Waals surface area (Å²) in [5, 5.41) is 85.0. The minimum Gasteiger partial charge on any atom is -0.508 e. The van der Waals surface area contributed by atoms with Crippen LogP contribution in [0.2, 0.25) is 0 Å². The van der Waals surface area contributed by atoms with Crippen molar-refractivity contribution < 1.29 is 96.8 Å². The van der Waals surface area contributed by atoms with Crippen LogP contribution in [0.4, 0.5) is 0 Å². The van der Waals surface area contributed by atoms with Gasteiger partial charge in [-0.15, -0.1) is 11.8 Å². The first-order valence-electron chi connectivity index (χ1n) is 47.7. The number of carbonyl (C=O) groups is 17. The standard InChI is InChI=1S/C101H135N23O20S/c1-56(2)44-72-91(136)120-85(58(5)6)97(142)118-77(53-125)93(138)119-78(86(131)110-52-81(102)127)54-145-55-82(128)123(9)79(47-60-24-14-11-15-25-60)94(139)116-73(46-63-36-40-67(126)41-37-63)89(134)115-76(50-83(129)130)90(135)114-75(49-66-51-109-69-31-21-20-30-68(66)69)92(137)121-84(57(3)4)96(141)117-74(45-62-34-38-65(39-35-62)64-28-18-13-19-29-64)88(133)112-71(33-23-43-108-101(105)106)99(144)122(8)59(7)98(143)124(10)80(48-61-26-16-12-17-27-61)95(140)111-70(87(132)113-72)32-22-42-107-100(103)104/h11-21,24-31,34-41,51,56-59,70-80,84-85,109,125-126H,22-23,32-33,42-50,52-55H2,1-10H3,(H2,102,127)(H,110,131)(H,111,140)(H,112,133)(H,113,132)(H,114,135)(H,115,134)(H,116,139)(H,117,141)(H,118,142)(H,119,138)(H,120,136)(H,121,137)(H,129,130)(H4,103,104,107)(H4,105,106,108)/t59-,70-,71-,72-,73-,74-,75-,76-,77-,78-,79-,80-,84-,85-/m0/s1. The van der Waals surface area contributed by atoms with E-state index in [2.05, 4.69) is 79.4 Å². The van der Waals surface area contributed by atoms with Crippen molar-refractivity contribution in [2.45, 2.75) is 204 Å². The topological polar surface area (TPSA) is 671 Å². The van der Waals surface area contributed by atoms with E-state index < -0.39 is 246 Å². The minimum atomic E-state index is -2.09. The lowest BCUT2D eigenvalue weighted by molar-refractivity contribution is -0.148. The van der Waals surface area contributed by atoms with Crippen LogP contribution in [0.5, 0.6) is 5.75 Å². The highest BCUT2D eigenvalue weighted by atomic mass is 32.2. The molecule has 26 N–H and O–H groups in total. The Labute approximate surface area is 844 Å². The van der Waals surface area contributed by atoms with Crippen molar-refractivity contribution in [1.82, 2.24) is 94.1 Å². The highest BCUT2D eigenvalue weighted by Crippen LogP contribution is 2.25. The quantitative estimate of drug-likeness (QED) is 0.0161. The van der Waals surface area contributed by atoms with Gasteiger partial charge in [0.15, 0.2) is 11.9 Å². The van der Waals surface area contributed by atoms with Gasteiger partial charge in [-0.1, -0.05) is 187 Å². The van der Waals surface area contributed by atoms with Crippen LogP contribution < -0.4 is 91.6 Å². The summed E-state index contributed by atoms with van der Waals surface area (Å²) in [5.74, 6) is -21.9. The number of carbonyl (C=O) groups excluding carboxylic acids is 16. The molecule has 16 amide bonds. The Bertz CT molecular complexity index is 5670. The second kappa shape index (κ2) is 56.4. The summed E-state index contributed by atoms with van der Waals surface area (Å²) in [7, 11) is 3.84. The number of nitrogens with zero attached hydrogens (tertiary/aromatic N) is 3. The second-order valence-corrected chi connectivity index (χ2v) is 37.8. The SMILES string of the molecule is CC(C)C[C@@H]1NC(=O)[C@H](CCCNC(=N)N)NC(=O)[C@H](Cc2ccccc2)N(C)C(=O)[C@H](C)N(C)C(=O)[C@H](CCCNC(=N)N)NC(=O)[C@H](Cc2ccc(-c3ccccc3)cc2)NC(=O)[C@H](C(C)C)NC(=O)[C@H](Cc2c[nH]c3ccccc23)NC(=O)[C@H](CC(=O)O)NC(=O)[C@H](Cc2ccc(O)cc2)NC(=O)[C@H](Cc2ccccc2)N(C)C(=O)CSC[C@@H](C(=O)NCC(N)=O)NC(=O)[C@H](CO)NC(=O)[C@H](C(C)C)NC1=O. The molecule has 2 heterocycles. The summed E-state index contributed by atoms with van der Waals surface area (Å²) in [6.45, 7) is 9.12. The van der Waals surface area contributed by atoms with Gasteiger partial charge in [0.1, 0.15) is 90.3 Å². The molecule has 1 saturated heterocycles. The van der Waals surface area contributed by atoms with E-state index in [4.69, 9.17) is 28.0 Å². The second-order valence-electron chi connectivity index (χ2n) is 36.8. The van der Waals surface area contributed by atoms with E-state index in [1.165, 1.54) is 66.2 Å². The zero-order valence-electron chi connectivity index (χ0n) is 82.8. The summed E-state index contributed by atoms with van der Waals surface area (Å²) >= 11 is 0.730. The molecule has 43 nitrogen and oxygen atoms in total. The Morgan fingerprint density at radius 3 is 1.37 bits per heavy atom. The molecule has 8 rings (SSSR count). The van der Waals surface area contributed by atoms with Crippen LogP contribution in [0.1, 0.15) is 115 Å². The highest BCUT2D eigenvalue weighted by Gasteiger charge is 2.43. The van der Waals surface area contributed by atoms with Crippen molar-refractivity contribution in [3.8, 4) is 16.9 Å². The van der Waals surface area contributed by atoms with Crippen molar-refractivity contribution in [3.05, 3.63) is 198 Å². The van der Waals surface area contributed by atoms with Crippen LogP contribution >= 0.6 is 11.8 Å². The third kappa shape index (κ3) is 35.8. The number of thioether (sulfide) groups is 1. The van der Waals surface area contributed by atoms with Crippen molar-refractivity contribution in [1.29, 1.82) is 10.8 Å². The lowest BCUT2D eigenvalue weighted by Crippen LogP contribution is -2.62. The van der Waals surface area contributed by atoms with Gasteiger partial charge in [0.2, 0.25) is 94.5 Å². The first kappa shape index (κ1) is 115. The number of carboxylic acids is 1. The van der Waals surface area contributed by atoms with Gasteiger partial charge in [-0.25, -0.2) is 0 Å². The van der Waals surface area contributed by atoms with E-state index in [9.17, 15) is 48.9 Å². The first-order valence-corrected chi connectivity index (χ1v) is 48.9. The van der Waals surface area contributed by atoms with Crippen molar-refractivity contribution in [2.75, 3.05) is 58.9 Å². The number of hydrogen-bond donors (Lipinski definition) is 23. The number of nitrogens with two attached hydrogens (primary N) is 3. The number of aliphatic hydroxyl groups excluding tert-OH is 1. The fourth-order valence-electron chi connectivity index (χ4n) is 16.1. The number of benzene rings is 6. The molecule has 0 bridgehead atoms. The third-order valence-electron chi connectivity index (χ3n) is 24.4. The molecular formula is C101H135N23O20S. The zero-order valence-corrected chi connectivity index (χ0v) is 83.6. The van der Waals surface area contributed by atoms with Crippen LogP contribution in [0.15, 0.2) is 170 Å². The first-order chi connectivity index (χ1) is 68.9. The maximum atomic E-state index is 15.7. The molecule has 0 radical (unpaired) electrons. The molecule has 6 aromatic carbocycles. The Hall–Kier alpha value is -15.5. The number of aromatic hydroxyl groups is 1. The van der Waals surface area contributed by atoms with Crippen LogP contribution in [-0.4, -0.2) is 291 Å². The number of nitrogens with one attached hydrogen (secondary N) is 17. The normalized spacial score (nSPS) is 22.3. The Morgan fingerprint density at radius 1 is 0.441 bits per heavy atom. The lowest BCUT2D eigenvalue weighted by atomic mass is 9.98. The van der Waals surface area contributed by atoms with Gasteiger partial charge < -0.3 is 127 Å². The van der Waals surface area contributed by atoms with Gasteiger partial charge in [0.05, 0.1) is 25.3 Å². The Morgan fingerprint density at radius 2 is 0.855 bits per heavy atom. The number of aliphatic carboxylic acids is 1. The molecular weight excluding hydrogens is 1890 g/mol. The molecule has 1 aliphatic rings. The van der Waals surface area contributed by atoms with E-state index in [1.54, 1.807) is 143 Å². The number of carboxylic acid groups (broad SMARTS) is 1. The average molecular weight is 2020 g/mol. The highest BCUT2D eigenvalue weighted by molar-refractivity contribution is 8.00. The van der Waals surface area contributed by atoms with E-state index in [0.29, 0.717) is 38.7 Å². The molecule has 1 aromatic heterocycles. The zero-order chi connectivity index (χ0) is 106. The minimum absolute atomic E-state index is 0.00671. The van der Waals surface area contributed by atoms with Crippen molar-refractivity contribution in [2.24, 2.45) is 35.0 Å². The van der Waals surface area contributed by atoms with Gasteiger partial charge in [0.25, 0.3) is 0 Å². The van der Waals surface area contributed by atoms with Gasteiger partial charge in [0, 0.05) is 89.2 Å². The van der Waals surface area contributed by atoms with Gasteiger partial charge in [-0.2, -0.15) is 0 Å². The number of fused-ring (bicyclic) bond motifs is 1. The number of primary amides is 1. The fraction of sp³-hybridized carbons (Fsp3) is 0.436. The summed E-state index contributed by atoms with van der Waals surface area (Å²) in [6.07, 6.45) is -1.60. The number of phenolic OH excluding ortho intramolecular Hbond substituents is 1. The molecule has 0 unspecified atom stereocenters. The summed E-state index contributed by atoms with van der Waals surface area (Å²) in [4.78, 5) is 258. The van der Waals surface area contributed by atoms with E-state index in [-0.39, 0.29) is 82.5 Å². The van der Waals surface area contributed by atoms with Crippen LogP contribution in [0, 0.1) is 28.6 Å². The maximum Gasteiger partial charge on any atom is 0.305 e. The molecule has 0 saturated carbocycles. The number of para-hydroxylation sites is 1. The number of aliphatic hydroxyl groups is 1. The number of amides is 16. The fourth-order valence-corrected chi connectivity index (χ4v) is 17.1. The van der Waals surface area contributed by atoms with E-state index in [0.717, 1.165) is 37.6 Å². The number of rotatable bonds is 29. The summed E-state index contributed by atoms with van der Waals surface area (Å²) in [6, 6.07) is 22.3. The van der Waals surface area contributed by atoms with E-state index >= 15 is 47.9 Å². The molecule has 1 aliphatic heterocycles. The molecule has 1 fully saturated rings. The third-order valence-corrected chi connectivity index (χ3v) is 25.5. The molecule has 7 aromatic rings. The number of likely N-dealkylation sites (N-methyl/N-ethyl adjacent to an activating group) is 3. The van der Waals surface area contributed by atoms with Gasteiger partial charge >= 0.3 is 5.97 Å². The molecule has 780 valence electrons. The van der Waals surface area contributed by atoms with E-state index in [1.807, 2.05) is 30.3 Å². The molecule has 0 aliphatic carbocycles. The molecule has 14 atom stereocenters. The van der Waals surface area contributed by atoms with Crippen LogP contribution in [0.25, 0.3) is 22.0 Å². The number of aromatic nitrogens is 1. The number of H-pyrrole nitrogens is 1. The Balaban J connectivity index is 1.24. The van der Waals surface area contributed by atoms with Crippen LogP contribution in [0.3, 0.4) is 0 Å². The number of hydrogen-bond acceptors (Lipinski definition) is 22. The molecule has 44 heteroatoms. The largest absolute Gasteiger partial charge is 0.508 e. The average Bonchev–Trinajstić information content (AvgIpc) is 1.77. The number of aromatic amines is 1.